The number of rotatable bonds is 6. The number of carbonyl (C=O) groups excluding carboxylic acids is 1. The first-order valence-electron chi connectivity index (χ1n) is 8.05. The van der Waals surface area contributed by atoms with Crippen LogP contribution in [-0.2, 0) is 9.53 Å². The number of anilines is 1. The molecule has 2 rings (SSSR count). The summed E-state index contributed by atoms with van der Waals surface area (Å²) in [7, 11) is 1.57. The molecule has 1 fully saturated rings. The number of carbonyl (C=O) groups is 1. The molecule has 1 aliphatic carbocycles. The van der Waals surface area contributed by atoms with Crippen LogP contribution in [0.4, 0.5) is 5.69 Å². The molecular formula is C17H26N2O3. The van der Waals surface area contributed by atoms with Crippen molar-refractivity contribution >= 4 is 11.6 Å². The summed E-state index contributed by atoms with van der Waals surface area (Å²) in [5, 5.41) is 2.95. The molecule has 1 N–H and O–H groups in total. The van der Waals surface area contributed by atoms with E-state index in [0.717, 1.165) is 32.1 Å². The third-order valence-electron chi connectivity index (χ3n) is 4.16. The van der Waals surface area contributed by atoms with Crippen LogP contribution in [0.5, 0.6) is 5.88 Å². The van der Waals surface area contributed by atoms with E-state index in [9.17, 15) is 4.79 Å². The molecule has 0 spiro atoms. The van der Waals surface area contributed by atoms with Gasteiger partial charge in [-0.2, -0.15) is 0 Å². The topological polar surface area (TPSA) is 60.5 Å². The minimum absolute atomic E-state index is 0.0560. The molecule has 22 heavy (non-hydrogen) atoms. The van der Waals surface area contributed by atoms with Crippen molar-refractivity contribution in [2.75, 3.05) is 19.0 Å². The Bertz CT molecular complexity index is 489. The number of hydrogen-bond donors (Lipinski definition) is 1. The standard InChI is InChI=1S/C17H26N2O3/c1-4-10-22-17(9-5-6-13(2)11-17)16(20)19-14-7-8-15(21-3)18-12-14/h7-8,12-13H,4-6,9-11H2,1-3H3,(H,19,20). The van der Waals surface area contributed by atoms with Crippen molar-refractivity contribution in [3.05, 3.63) is 18.3 Å². The van der Waals surface area contributed by atoms with Crippen molar-refractivity contribution in [2.24, 2.45) is 5.92 Å². The third kappa shape index (κ3) is 3.97. The van der Waals surface area contributed by atoms with Crippen molar-refractivity contribution in [1.29, 1.82) is 0 Å². The van der Waals surface area contributed by atoms with E-state index in [2.05, 4.69) is 24.1 Å². The summed E-state index contributed by atoms with van der Waals surface area (Å²) in [4.78, 5) is 16.9. The lowest BCUT2D eigenvalue weighted by molar-refractivity contribution is -0.148. The van der Waals surface area contributed by atoms with Gasteiger partial charge in [0.25, 0.3) is 5.91 Å². The van der Waals surface area contributed by atoms with E-state index in [1.807, 2.05) is 0 Å². The van der Waals surface area contributed by atoms with Crippen LogP contribution in [-0.4, -0.2) is 30.2 Å². The molecule has 0 saturated heterocycles. The molecule has 5 nitrogen and oxygen atoms in total. The minimum Gasteiger partial charge on any atom is -0.481 e. The molecule has 0 radical (unpaired) electrons. The lowest BCUT2D eigenvalue weighted by Gasteiger charge is -2.38. The van der Waals surface area contributed by atoms with Crippen LogP contribution in [0.3, 0.4) is 0 Å². The molecule has 2 unspecified atom stereocenters. The first-order valence-corrected chi connectivity index (χ1v) is 8.05. The number of methoxy groups -OCH3 is 1. The fourth-order valence-electron chi connectivity index (χ4n) is 3.02. The van der Waals surface area contributed by atoms with Crippen LogP contribution in [0.2, 0.25) is 0 Å². The van der Waals surface area contributed by atoms with E-state index < -0.39 is 5.60 Å². The van der Waals surface area contributed by atoms with E-state index in [0.29, 0.717) is 24.1 Å². The van der Waals surface area contributed by atoms with Gasteiger partial charge in [0.2, 0.25) is 5.88 Å². The second-order valence-corrected chi connectivity index (χ2v) is 6.09. The smallest absolute Gasteiger partial charge is 0.256 e. The largest absolute Gasteiger partial charge is 0.481 e. The second kappa shape index (κ2) is 7.58. The lowest BCUT2D eigenvalue weighted by atomic mass is 9.78. The zero-order valence-electron chi connectivity index (χ0n) is 13.7. The van der Waals surface area contributed by atoms with E-state index in [4.69, 9.17) is 9.47 Å². The fourth-order valence-corrected chi connectivity index (χ4v) is 3.02. The Kier molecular flexibility index (Phi) is 5.77. The van der Waals surface area contributed by atoms with Gasteiger partial charge < -0.3 is 14.8 Å². The first-order chi connectivity index (χ1) is 10.6. The Hall–Kier alpha value is -1.62. The highest BCUT2D eigenvalue weighted by Gasteiger charge is 2.42. The summed E-state index contributed by atoms with van der Waals surface area (Å²) in [5.74, 6) is 0.978. The molecule has 1 amide bonds. The number of amides is 1. The SMILES string of the molecule is CCCOC1(C(=O)Nc2ccc(OC)nc2)CCCC(C)C1. The average Bonchev–Trinajstić information content (AvgIpc) is 2.53. The van der Waals surface area contributed by atoms with Crippen molar-refractivity contribution in [2.45, 2.75) is 51.6 Å². The second-order valence-electron chi connectivity index (χ2n) is 6.09. The first kappa shape index (κ1) is 16.7. The van der Waals surface area contributed by atoms with Crippen LogP contribution in [0.25, 0.3) is 0 Å². The third-order valence-corrected chi connectivity index (χ3v) is 4.16. The predicted molar refractivity (Wildman–Crippen MR) is 86.0 cm³/mol. The molecule has 1 heterocycles. The van der Waals surface area contributed by atoms with Crippen molar-refractivity contribution in [1.82, 2.24) is 4.98 Å². The van der Waals surface area contributed by atoms with E-state index in [1.54, 1.807) is 25.4 Å². The van der Waals surface area contributed by atoms with Gasteiger partial charge in [-0.15, -0.1) is 0 Å². The van der Waals surface area contributed by atoms with Crippen molar-refractivity contribution in [3.63, 3.8) is 0 Å². The molecule has 5 heteroatoms. The molecule has 122 valence electrons. The van der Waals surface area contributed by atoms with Crippen LogP contribution < -0.4 is 10.1 Å². The summed E-state index contributed by atoms with van der Waals surface area (Å²) >= 11 is 0. The molecule has 0 aromatic carbocycles. The Labute approximate surface area is 132 Å². The zero-order chi connectivity index (χ0) is 16.0. The Morgan fingerprint density at radius 3 is 2.91 bits per heavy atom. The molecule has 1 aliphatic rings. The molecule has 1 saturated carbocycles. The summed E-state index contributed by atoms with van der Waals surface area (Å²) in [6.07, 6.45) is 6.27. The maximum absolute atomic E-state index is 12.8. The van der Waals surface area contributed by atoms with Gasteiger partial charge in [-0.05, 0) is 37.7 Å². The number of pyridine rings is 1. The van der Waals surface area contributed by atoms with Crippen molar-refractivity contribution < 1.29 is 14.3 Å². The summed E-state index contributed by atoms with van der Waals surface area (Å²) < 4.78 is 11.0. The van der Waals surface area contributed by atoms with Gasteiger partial charge in [0.15, 0.2) is 0 Å². The molecule has 2 atom stereocenters. The van der Waals surface area contributed by atoms with Gasteiger partial charge >= 0.3 is 0 Å². The van der Waals surface area contributed by atoms with E-state index in [1.165, 1.54) is 0 Å². The number of nitrogens with one attached hydrogen (secondary N) is 1. The molecular weight excluding hydrogens is 280 g/mol. The normalized spacial score (nSPS) is 24.8. The highest BCUT2D eigenvalue weighted by Crippen LogP contribution is 2.36. The molecule has 0 bridgehead atoms. The highest BCUT2D eigenvalue weighted by atomic mass is 16.5. The lowest BCUT2D eigenvalue weighted by Crippen LogP contribution is -2.48. The Morgan fingerprint density at radius 1 is 1.50 bits per heavy atom. The van der Waals surface area contributed by atoms with Crippen LogP contribution in [0.1, 0.15) is 46.0 Å². The van der Waals surface area contributed by atoms with Gasteiger partial charge in [0, 0.05) is 12.7 Å². The van der Waals surface area contributed by atoms with E-state index >= 15 is 0 Å². The quantitative estimate of drug-likeness (QED) is 0.875. The zero-order valence-corrected chi connectivity index (χ0v) is 13.7. The monoisotopic (exact) mass is 306 g/mol. The molecule has 1 aromatic rings. The highest BCUT2D eigenvalue weighted by molar-refractivity contribution is 5.97. The van der Waals surface area contributed by atoms with Gasteiger partial charge in [-0.25, -0.2) is 4.98 Å². The number of hydrogen-bond acceptors (Lipinski definition) is 4. The number of nitrogens with zero attached hydrogens (tertiary/aromatic N) is 1. The van der Waals surface area contributed by atoms with Gasteiger partial charge in [0.05, 0.1) is 19.0 Å². The Balaban J connectivity index is 2.10. The van der Waals surface area contributed by atoms with Crippen LogP contribution in [0, 0.1) is 5.92 Å². The minimum atomic E-state index is -0.701. The maximum Gasteiger partial charge on any atom is 0.256 e. The van der Waals surface area contributed by atoms with Crippen LogP contribution >= 0.6 is 0 Å². The average molecular weight is 306 g/mol. The maximum atomic E-state index is 12.8. The summed E-state index contributed by atoms with van der Waals surface area (Å²) in [5.41, 5.74) is -0.0309. The summed E-state index contributed by atoms with van der Waals surface area (Å²) in [6, 6.07) is 3.53. The van der Waals surface area contributed by atoms with E-state index in [-0.39, 0.29) is 5.91 Å². The van der Waals surface area contributed by atoms with Gasteiger partial charge in [-0.3, -0.25) is 4.79 Å². The van der Waals surface area contributed by atoms with Gasteiger partial charge in [-0.1, -0.05) is 20.3 Å². The molecule has 1 aromatic heterocycles. The summed E-state index contributed by atoms with van der Waals surface area (Å²) in [6.45, 7) is 4.86. The van der Waals surface area contributed by atoms with Crippen molar-refractivity contribution in [3.8, 4) is 5.88 Å². The molecule has 0 aliphatic heterocycles. The van der Waals surface area contributed by atoms with Crippen LogP contribution in [0.15, 0.2) is 18.3 Å². The fraction of sp³-hybridized carbons (Fsp3) is 0.647. The van der Waals surface area contributed by atoms with Gasteiger partial charge in [0.1, 0.15) is 5.60 Å². The number of ether oxygens (including phenoxy) is 2. The Morgan fingerprint density at radius 2 is 2.32 bits per heavy atom. The predicted octanol–water partition coefficient (Wildman–Crippen LogP) is 3.40. The number of aromatic nitrogens is 1.